The SMILES string of the molecule is Cc1cc(Nc2ccc(NC(=O)c3cc([N+](=O)[O-])cc([N+](=O)[O-])c3)cc2)nc(N2CCCC2)n1. The molecule has 2 N–H and O–H groups in total. The Hall–Kier alpha value is -4.61. The number of carbonyl (C=O) groups is 1. The number of nitrogens with zero attached hydrogens (tertiary/aromatic N) is 5. The highest BCUT2D eigenvalue weighted by atomic mass is 16.6. The van der Waals surface area contributed by atoms with Crippen LogP contribution in [0, 0.1) is 27.2 Å². The van der Waals surface area contributed by atoms with E-state index in [0.29, 0.717) is 17.5 Å². The van der Waals surface area contributed by atoms with Crippen molar-refractivity contribution in [1.29, 1.82) is 0 Å². The Bertz CT molecular complexity index is 1220. The van der Waals surface area contributed by atoms with E-state index in [4.69, 9.17) is 0 Å². The standard InChI is InChI=1S/C22H21N7O5/c1-14-10-20(26-22(23-14)27-8-2-3-9-27)24-16-4-6-17(7-5-16)25-21(30)15-11-18(28(31)32)13-19(12-15)29(33)34/h4-7,10-13H,2-3,8-9H2,1H3,(H,25,30)(H,23,24,26). The van der Waals surface area contributed by atoms with Gasteiger partial charge in [0.2, 0.25) is 5.95 Å². The van der Waals surface area contributed by atoms with Gasteiger partial charge in [0.1, 0.15) is 5.82 Å². The van der Waals surface area contributed by atoms with Gasteiger partial charge in [-0.05, 0) is 44.0 Å². The largest absolute Gasteiger partial charge is 0.341 e. The molecule has 1 aliphatic heterocycles. The summed E-state index contributed by atoms with van der Waals surface area (Å²) in [6.45, 7) is 3.78. The molecular weight excluding hydrogens is 442 g/mol. The number of hydrogen-bond donors (Lipinski definition) is 2. The molecule has 2 heterocycles. The number of carbonyl (C=O) groups excluding carboxylic acids is 1. The Morgan fingerprint density at radius 2 is 1.50 bits per heavy atom. The zero-order valence-corrected chi connectivity index (χ0v) is 18.2. The molecule has 2 aromatic carbocycles. The van der Waals surface area contributed by atoms with E-state index in [-0.39, 0.29) is 5.56 Å². The molecule has 0 spiro atoms. The van der Waals surface area contributed by atoms with Crippen LogP contribution in [0.25, 0.3) is 0 Å². The molecule has 0 aliphatic carbocycles. The zero-order chi connectivity index (χ0) is 24.2. The van der Waals surface area contributed by atoms with Gasteiger partial charge in [-0.1, -0.05) is 0 Å². The lowest BCUT2D eigenvalue weighted by molar-refractivity contribution is -0.394. The monoisotopic (exact) mass is 463 g/mol. The summed E-state index contributed by atoms with van der Waals surface area (Å²) < 4.78 is 0. The molecule has 1 saturated heterocycles. The number of rotatable bonds is 7. The number of aromatic nitrogens is 2. The summed E-state index contributed by atoms with van der Waals surface area (Å²) in [5.41, 5.74) is 0.735. The van der Waals surface area contributed by atoms with Crippen molar-refractivity contribution in [3.05, 3.63) is 80.0 Å². The molecule has 12 heteroatoms. The van der Waals surface area contributed by atoms with Gasteiger partial charge in [0.25, 0.3) is 17.3 Å². The van der Waals surface area contributed by atoms with Crippen LogP contribution < -0.4 is 15.5 Å². The van der Waals surface area contributed by atoms with Gasteiger partial charge in [-0.3, -0.25) is 25.0 Å². The fourth-order valence-electron chi connectivity index (χ4n) is 3.60. The third kappa shape index (κ3) is 5.23. The van der Waals surface area contributed by atoms with Crippen LogP contribution in [0.4, 0.5) is 34.5 Å². The fraction of sp³-hybridized carbons (Fsp3) is 0.227. The van der Waals surface area contributed by atoms with Crippen molar-refractivity contribution in [1.82, 2.24) is 9.97 Å². The second kappa shape index (κ2) is 9.48. The Morgan fingerprint density at radius 3 is 2.09 bits per heavy atom. The first-order valence-corrected chi connectivity index (χ1v) is 10.5. The summed E-state index contributed by atoms with van der Waals surface area (Å²) in [7, 11) is 0. The highest BCUT2D eigenvalue weighted by Gasteiger charge is 2.20. The van der Waals surface area contributed by atoms with Gasteiger partial charge in [-0.25, -0.2) is 4.98 Å². The number of anilines is 4. The molecule has 1 aliphatic rings. The van der Waals surface area contributed by atoms with E-state index in [9.17, 15) is 25.0 Å². The molecule has 0 bridgehead atoms. The highest BCUT2D eigenvalue weighted by molar-refractivity contribution is 6.05. The number of aryl methyl sites for hydroxylation is 1. The Balaban J connectivity index is 1.47. The highest BCUT2D eigenvalue weighted by Crippen LogP contribution is 2.25. The lowest BCUT2D eigenvalue weighted by Gasteiger charge is -2.17. The van der Waals surface area contributed by atoms with Crippen molar-refractivity contribution >= 4 is 40.4 Å². The lowest BCUT2D eigenvalue weighted by atomic mass is 10.1. The normalized spacial score (nSPS) is 12.9. The summed E-state index contributed by atoms with van der Waals surface area (Å²) in [5.74, 6) is 0.638. The Kier molecular flexibility index (Phi) is 6.30. The number of non-ortho nitro benzene ring substituents is 2. The first kappa shape index (κ1) is 22.6. The second-order valence-electron chi connectivity index (χ2n) is 7.80. The number of benzene rings is 2. The lowest BCUT2D eigenvalue weighted by Crippen LogP contribution is -2.21. The summed E-state index contributed by atoms with van der Waals surface area (Å²) in [4.78, 5) is 44.3. The van der Waals surface area contributed by atoms with Crippen LogP contribution in [-0.2, 0) is 0 Å². The van der Waals surface area contributed by atoms with Gasteiger partial charge in [0.15, 0.2) is 0 Å². The molecule has 0 atom stereocenters. The summed E-state index contributed by atoms with van der Waals surface area (Å²) >= 11 is 0. The summed E-state index contributed by atoms with van der Waals surface area (Å²) in [6, 6.07) is 11.4. The quantitative estimate of drug-likeness (QED) is 0.387. The van der Waals surface area contributed by atoms with E-state index in [1.54, 1.807) is 24.3 Å². The fourth-order valence-corrected chi connectivity index (χ4v) is 3.60. The zero-order valence-electron chi connectivity index (χ0n) is 18.2. The number of nitro groups is 2. The van der Waals surface area contributed by atoms with Gasteiger partial charge in [-0.2, -0.15) is 4.98 Å². The number of amides is 1. The predicted octanol–water partition coefficient (Wildman–Crippen LogP) is 4.20. The molecule has 1 amide bonds. The van der Waals surface area contributed by atoms with Crippen molar-refractivity contribution < 1.29 is 14.6 Å². The van der Waals surface area contributed by atoms with E-state index in [0.717, 1.165) is 55.5 Å². The summed E-state index contributed by atoms with van der Waals surface area (Å²) in [6.07, 6.45) is 2.24. The third-order valence-corrected chi connectivity index (χ3v) is 5.23. The van der Waals surface area contributed by atoms with E-state index >= 15 is 0 Å². The first-order valence-electron chi connectivity index (χ1n) is 10.5. The molecule has 0 radical (unpaired) electrons. The maximum atomic E-state index is 12.5. The van der Waals surface area contributed by atoms with Crippen molar-refractivity contribution in [3.63, 3.8) is 0 Å². The summed E-state index contributed by atoms with van der Waals surface area (Å²) in [5, 5.41) is 27.9. The molecule has 12 nitrogen and oxygen atoms in total. The Labute approximate surface area is 193 Å². The maximum Gasteiger partial charge on any atom is 0.277 e. The number of nitro benzene ring substituents is 2. The molecule has 0 saturated carbocycles. The van der Waals surface area contributed by atoms with Gasteiger partial charge < -0.3 is 15.5 Å². The van der Waals surface area contributed by atoms with E-state index in [2.05, 4.69) is 25.5 Å². The van der Waals surface area contributed by atoms with Crippen LogP contribution in [0.1, 0.15) is 28.9 Å². The molecule has 174 valence electrons. The van der Waals surface area contributed by atoms with Crippen molar-refractivity contribution in [3.8, 4) is 0 Å². The molecule has 1 fully saturated rings. The minimum atomic E-state index is -0.783. The average Bonchev–Trinajstić information content (AvgIpc) is 3.35. The minimum Gasteiger partial charge on any atom is -0.341 e. The van der Waals surface area contributed by atoms with Gasteiger partial charge in [0.05, 0.1) is 21.5 Å². The van der Waals surface area contributed by atoms with Gasteiger partial charge in [0, 0.05) is 48.4 Å². The van der Waals surface area contributed by atoms with Crippen LogP contribution in [0.5, 0.6) is 0 Å². The van der Waals surface area contributed by atoms with Crippen molar-refractivity contribution in [2.45, 2.75) is 19.8 Å². The molecule has 34 heavy (non-hydrogen) atoms. The van der Waals surface area contributed by atoms with Crippen LogP contribution >= 0.6 is 0 Å². The van der Waals surface area contributed by atoms with E-state index in [1.165, 1.54) is 0 Å². The van der Waals surface area contributed by atoms with Crippen LogP contribution in [0.15, 0.2) is 48.5 Å². The van der Waals surface area contributed by atoms with Gasteiger partial charge >= 0.3 is 0 Å². The number of nitrogens with one attached hydrogen (secondary N) is 2. The average molecular weight is 463 g/mol. The minimum absolute atomic E-state index is 0.186. The Morgan fingerprint density at radius 1 is 0.912 bits per heavy atom. The van der Waals surface area contributed by atoms with Gasteiger partial charge in [-0.15, -0.1) is 0 Å². The molecule has 3 aromatic rings. The molecule has 4 rings (SSSR count). The smallest absolute Gasteiger partial charge is 0.277 e. The van der Waals surface area contributed by atoms with Crippen molar-refractivity contribution in [2.75, 3.05) is 28.6 Å². The van der Waals surface area contributed by atoms with Crippen LogP contribution in [0.2, 0.25) is 0 Å². The molecular formula is C22H21N7O5. The third-order valence-electron chi connectivity index (χ3n) is 5.23. The molecule has 1 aromatic heterocycles. The topological polar surface area (TPSA) is 156 Å². The second-order valence-corrected chi connectivity index (χ2v) is 7.80. The molecule has 0 unspecified atom stereocenters. The first-order chi connectivity index (χ1) is 16.3. The van der Waals surface area contributed by atoms with E-state index < -0.39 is 27.1 Å². The maximum absolute atomic E-state index is 12.5. The number of hydrogen-bond acceptors (Lipinski definition) is 9. The van der Waals surface area contributed by atoms with Crippen molar-refractivity contribution in [2.24, 2.45) is 0 Å². The van der Waals surface area contributed by atoms with E-state index in [1.807, 2.05) is 13.0 Å². The van der Waals surface area contributed by atoms with Crippen LogP contribution in [0.3, 0.4) is 0 Å². The predicted molar refractivity (Wildman–Crippen MR) is 126 cm³/mol. The van der Waals surface area contributed by atoms with Crippen LogP contribution in [-0.4, -0.2) is 38.8 Å².